The molecule has 1 unspecified atom stereocenters. The Labute approximate surface area is 180 Å². The van der Waals surface area contributed by atoms with E-state index in [1.807, 2.05) is 4.72 Å². The van der Waals surface area contributed by atoms with Crippen molar-refractivity contribution >= 4 is 44.2 Å². The van der Waals surface area contributed by atoms with Crippen LogP contribution in [-0.2, 0) is 20.4 Å². The highest BCUT2D eigenvalue weighted by atomic mass is 35.5. The largest absolute Gasteiger partial charge is 0.434 e. The first-order valence-electron chi connectivity index (χ1n) is 8.87. The van der Waals surface area contributed by atoms with E-state index in [4.69, 9.17) is 11.6 Å². The van der Waals surface area contributed by atoms with Gasteiger partial charge in [-0.2, -0.15) is 13.2 Å². The van der Waals surface area contributed by atoms with E-state index >= 15 is 0 Å². The Bertz CT molecular complexity index is 1300. The Balaban J connectivity index is 1.74. The first-order chi connectivity index (χ1) is 14.5. The molecule has 3 aromatic carbocycles. The summed E-state index contributed by atoms with van der Waals surface area (Å²) in [5.41, 5.74) is -3.95. The van der Waals surface area contributed by atoms with Crippen molar-refractivity contribution in [1.82, 2.24) is 4.72 Å². The Morgan fingerprint density at radius 3 is 2.45 bits per heavy atom. The van der Waals surface area contributed by atoms with Gasteiger partial charge in [-0.15, -0.1) is 0 Å². The van der Waals surface area contributed by atoms with Gasteiger partial charge >= 0.3 is 12.3 Å². The predicted molar refractivity (Wildman–Crippen MR) is 108 cm³/mol. The van der Waals surface area contributed by atoms with Crippen LogP contribution in [-0.4, -0.2) is 27.2 Å². The minimum atomic E-state index is -5.14. The van der Waals surface area contributed by atoms with Crippen LogP contribution < -0.4 is 10.0 Å². The standard InChI is InChI=1S/C20H14ClF3N2O4S/c21-14-6-8-17-16(10-14)19(20(22,23)24,30-18(27)26-17)11-25-31(28,29)15-7-5-12-3-1-2-4-13(12)9-15/h1-10,25H,11H2,(H,26,27). The second-order valence-electron chi connectivity index (χ2n) is 6.86. The van der Waals surface area contributed by atoms with Gasteiger partial charge in [-0.25, -0.2) is 17.9 Å². The molecule has 0 saturated carbocycles. The molecule has 31 heavy (non-hydrogen) atoms. The van der Waals surface area contributed by atoms with Gasteiger partial charge in [0.05, 0.1) is 17.1 Å². The summed E-state index contributed by atoms with van der Waals surface area (Å²) in [4.78, 5) is 11.6. The van der Waals surface area contributed by atoms with E-state index in [0.717, 1.165) is 11.5 Å². The van der Waals surface area contributed by atoms with E-state index in [1.165, 1.54) is 24.3 Å². The number of hydrogen-bond donors (Lipinski definition) is 2. The number of amides is 1. The molecule has 162 valence electrons. The number of halogens is 4. The third-order valence-corrected chi connectivity index (χ3v) is 6.55. The fraction of sp³-hybridized carbons (Fsp3) is 0.150. The molecular formula is C20H14ClF3N2O4S. The highest BCUT2D eigenvalue weighted by Gasteiger charge is 2.62. The lowest BCUT2D eigenvalue weighted by Gasteiger charge is -2.39. The fourth-order valence-corrected chi connectivity index (χ4v) is 4.63. The average Bonchev–Trinajstić information content (AvgIpc) is 2.71. The Hall–Kier alpha value is -2.82. The molecule has 1 atom stereocenters. The van der Waals surface area contributed by atoms with Crippen LogP contribution in [0.4, 0.5) is 23.7 Å². The maximum absolute atomic E-state index is 14.2. The average molecular weight is 471 g/mol. The topological polar surface area (TPSA) is 84.5 Å². The summed E-state index contributed by atoms with van der Waals surface area (Å²) >= 11 is 5.86. The van der Waals surface area contributed by atoms with Crippen LogP contribution in [0.1, 0.15) is 5.56 Å². The Morgan fingerprint density at radius 1 is 1.03 bits per heavy atom. The van der Waals surface area contributed by atoms with Gasteiger partial charge in [0.1, 0.15) is 0 Å². The third kappa shape index (κ3) is 3.82. The molecule has 11 heteroatoms. The lowest BCUT2D eigenvalue weighted by molar-refractivity contribution is -0.261. The quantitative estimate of drug-likeness (QED) is 0.574. The molecule has 0 spiro atoms. The van der Waals surface area contributed by atoms with Crippen molar-refractivity contribution < 1.29 is 31.1 Å². The molecular weight excluding hydrogens is 457 g/mol. The van der Waals surface area contributed by atoms with Crippen molar-refractivity contribution in [3.63, 3.8) is 0 Å². The van der Waals surface area contributed by atoms with E-state index in [-0.39, 0.29) is 15.6 Å². The maximum Gasteiger partial charge on any atom is 0.434 e. The number of cyclic esters (lactones) is 1. The summed E-state index contributed by atoms with van der Waals surface area (Å²) in [6, 6.07) is 14.6. The zero-order valence-electron chi connectivity index (χ0n) is 15.5. The van der Waals surface area contributed by atoms with Crippen molar-refractivity contribution in [2.45, 2.75) is 16.7 Å². The molecule has 0 aliphatic carbocycles. The summed E-state index contributed by atoms with van der Waals surface area (Å²) in [6.07, 6.45) is -6.51. The molecule has 0 fully saturated rings. The molecule has 0 bridgehead atoms. The lowest BCUT2D eigenvalue weighted by atomic mass is 9.90. The highest BCUT2D eigenvalue weighted by Crippen LogP contribution is 2.48. The van der Waals surface area contributed by atoms with Gasteiger partial charge in [-0.05, 0) is 41.1 Å². The summed E-state index contributed by atoms with van der Waals surface area (Å²) in [7, 11) is -4.37. The van der Waals surface area contributed by atoms with Crippen molar-refractivity contribution in [3.8, 4) is 0 Å². The van der Waals surface area contributed by atoms with Crippen LogP contribution >= 0.6 is 11.6 Å². The Morgan fingerprint density at radius 2 is 1.74 bits per heavy atom. The van der Waals surface area contributed by atoms with Gasteiger partial charge < -0.3 is 4.74 Å². The summed E-state index contributed by atoms with van der Waals surface area (Å²) in [5, 5.41) is 3.49. The maximum atomic E-state index is 14.2. The molecule has 3 aromatic rings. The molecule has 1 aliphatic rings. The monoisotopic (exact) mass is 470 g/mol. The number of hydrogen-bond acceptors (Lipinski definition) is 4. The summed E-state index contributed by atoms with van der Waals surface area (Å²) < 4.78 is 74.7. The number of nitrogens with one attached hydrogen (secondary N) is 2. The molecule has 6 nitrogen and oxygen atoms in total. The van der Waals surface area contributed by atoms with Crippen LogP contribution in [0.25, 0.3) is 10.8 Å². The first kappa shape index (κ1) is 21.4. The number of carbonyl (C=O) groups excluding carboxylic acids is 1. The van der Waals surface area contributed by atoms with E-state index in [9.17, 15) is 26.4 Å². The van der Waals surface area contributed by atoms with Crippen molar-refractivity contribution in [3.05, 3.63) is 71.2 Å². The summed E-state index contributed by atoms with van der Waals surface area (Å²) in [6.45, 7) is -1.27. The molecule has 1 aliphatic heterocycles. The normalized spacial score (nSPS) is 18.9. The van der Waals surface area contributed by atoms with Gasteiger partial charge in [-0.3, -0.25) is 5.32 Å². The van der Waals surface area contributed by atoms with Gasteiger partial charge in [0.2, 0.25) is 15.6 Å². The van der Waals surface area contributed by atoms with E-state index < -0.39 is 40.0 Å². The van der Waals surface area contributed by atoms with Crippen LogP contribution in [0.15, 0.2) is 65.6 Å². The first-order valence-corrected chi connectivity index (χ1v) is 10.7. The number of anilines is 1. The molecule has 2 N–H and O–H groups in total. The number of alkyl halides is 3. The second-order valence-corrected chi connectivity index (χ2v) is 9.07. The molecule has 4 rings (SSSR count). The van der Waals surface area contributed by atoms with Crippen LogP contribution in [0.2, 0.25) is 5.02 Å². The van der Waals surface area contributed by atoms with Gasteiger partial charge in [0.15, 0.2) is 0 Å². The van der Waals surface area contributed by atoms with Crippen molar-refractivity contribution in [2.75, 3.05) is 11.9 Å². The number of benzene rings is 3. The van der Waals surface area contributed by atoms with Gasteiger partial charge in [-0.1, -0.05) is 41.9 Å². The molecule has 0 aromatic heterocycles. The van der Waals surface area contributed by atoms with Crippen LogP contribution in [0.3, 0.4) is 0 Å². The van der Waals surface area contributed by atoms with E-state index in [0.29, 0.717) is 5.39 Å². The SMILES string of the molecule is O=C1Nc2ccc(Cl)cc2C(CNS(=O)(=O)c2ccc3ccccc3c2)(C(F)(F)F)O1. The summed E-state index contributed by atoms with van der Waals surface area (Å²) in [5.74, 6) is 0. The molecule has 1 heterocycles. The predicted octanol–water partition coefficient (Wildman–Crippen LogP) is 4.79. The number of carbonyl (C=O) groups is 1. The molecule has 0 saturated heterocycles. The zero-order valence-corrected chi connectivity index (χ0v) is 17.1. The number of rotatable bonds is 4. The number of fused-ring (bicyclic) bond motifs is 2. The zero-order chi connectivity index (χ0) is 22.4. The van der Waals surface area contributed by atoms with Crippen LogP contribution in [0.5, 0.6) is 0 Å². The minimum Gasteiger partial charge on any atom is -0.426 e. The Kier molecular flexibility index (Phi) is 5.11. The third-order valence-electron chi connectivity index (χ3n) is 4.92. The lowest BCUT2D eigenvalue weighted by Crippen LogP contribution is -2.56. The van der Waals surface area contributed by atoms with E-state index in [1.54, 1.807) is 30.3 Å². The van der Waals surface area contributed by atoms with Gasteiger partial charge in [0, 0.05) is 10.6 Å². The highest BCUT2D eigenvalue weighted by molar-refractivity contribution is 7.89. The van der Waals surface area contributed by atoms with Gasteiger partial charge in [0.25, 0.3) is 0 Å². The van der Waals surface area contributed by atoms with Crippen LogP contribution in [0, 0.1) is 0 Å². The smallest absolute Gasteiger partial charge is 0.426 e. The fourth-order valence-electron chi connectivity index (χ4n) is 3.36. The molecule has 0 radical (unpaired) electrons. The number of sulfonamides is 1. The molecule has 1 amide bonds. The van der Waals surface area contributed by atoms with Crippen molar-refractivity contribution in [2.24, 2.45) is 0 Å². The number of ether oxygens (including phenoxy) is 1. The van der Waals surface area contributed by atoms with Crippen molar-refractivity contribution in [1.29, 1.82) is 0 Å². The second kappa shape index (κ2) is 7.40. The minimum absolute atomic E-state index is 0.0375. The van der Waals surface area contributed by atoms with E-state index in [2.05, 4.69) is 10.1 Å².